The summed E-state index contributed by atoms with van der Waals surface area (Å²) in [6, 6.07) is 11.6. The summed E-state index contributed by atoms with van der Waals surface area (Å²) in [5.41, 5.74) is 0. The maximum atomic E-state index is 11.6. The van der Waals surface area contributed by atoms with Gasteiger partial charge in [0.2, 0.25) is 0 Å². The largest absolute Gasteiger partial charge is 0.425 e. The molecule has 0 aliphatic rings. The van der Waals surface area contributed by atoms with Gasteiger partial charge in [-0.25, -0.2) is 0 Å². The number of halogens is 2. The fraction of sp³-hybridized carbons (Fsp3) is 0.214. The number of hydrogen-bond acceptors (Lipinski definition) is 2. The Kier molecular flexibility index (Phi) is 4.61. The molecule has 0 N–H and O–H groups in total. The number of carbonyl (C=O) groups excluding carboxylic acids is 1. The van der Waals surface area contributed by atoms with Crippen LogP contribution in [0.25, 0.3) is 10.8 Å². The minimum absolute atomic E-state index is 0.258. The SMILES string of the molecule is O=C(CCCCl)Oc1ccc2ccccc2c1Br. The zero-order chi connectivity index (χ0) is 13.0. The predicted molar refractivity (Wildman–Crippen MR) is 77.2 cm³/mol. The number of alkyl halides is 1. The van der Waals surface area contributed by atoms with Gasteiger partial charge in [0.1, 0.15) is 5.75 Å². The molecule has 2 aromatic rings. The summed E-state index contributed by atoms with van der Waals surface area (Å²) in [6.45, 7) is 0. The molecule has 0 radical (unpaired) electrons. The van der Waals surface area contributed by atoms with Crippen LogP contribution in [0.3, 0.4) is 0 Å². The molecule has 2 nitrogen and oxygen atoms in total. The molecule has 2 aromatic carbocycles. The van der Waals surface area contributed by atoms with E-state index in [2.05, 4.69) is 15.9 Å². The highest BCUT2D eigenvalue weighted by atomic mass is 79.9. The Bertz CT molecular complexity index is 569. The molecule has 0 aliphatic carbocycles. The highest BCUT2D eigenvalue weighted by Gasteiger charge is 2.10. The minimum atomic E-state index is -0.258. The second-order valence-corrected chi connectivity index (χ2v) is 5.04. The van der Waals surface area contributed by atoms with Crippen LogP contribution in [0.4, 0.5) is 0 Å². The molecule has 0 heterocycles. The van der Waals surface area contributed by atoms with E-state index in [1.54, 1.807) is 6.07 Å². The number of fused-ring (bicyclic) bond motifs is 1. The first kappa shape index (κ1) is 13.4. The summed E-state index contributed by atoms with van der Waals surface area (Å²) < 4.78 is 6.12. The summed E-state index contributed by atoms with van der Waals surface area (Å²) in [4.78, 5) is 11.6. The third-order valence-corrected chi connectivity index (χ3v) is 3.65. The first-order valence-corrected chi connectivity index (χ1v) is 6.99. The third-order valence-electron chi connectivity index (χ3n) is 2.57. The van der Waals surface area contributed by atoms with Gasteiger partial charge in [-0.05, 0) is 39.2 Å². The van der Waals surface area contributed by atoms with E-state index in [0.29, 0.717) is 24.5 Å². The molecule has 0 bridgehead atoms. The van der Waals surface area contributed by atoms with Gasteiger partial charge in [-0.15, -0.1) is 11.6 Å². The summed E-state index contributed by atoms with van der Waals surface area (Å²) >= 11 is 9.02. The Morgan fingerprint density at radius 2 is 2.00 bits per heavy atom. The van der Waals surface area contributed by atoms with Crippen LogP contribution in [0.15, 0.2) is 40.9 Å². The molecule has 2 rings (SSSR count). The Morgan fingerprint density at radius 3 is 2.78 bits per heavy atom. The van der Waals surface area contributed by atoms with E-state index in [9.17, 15) is 4.79 Å². The molecule has 0 fully saturated rings. The topological polar surface area (TPSA) is 26.3 Å². The number of hydrogen-bond donors (Lipinski definition) is 0. The molecule has 94 valence electrons. The molecular formula is C14H12BrClO2. The van der Waals surface area contributed by atoms with E-state index < -0.39 is 0 Å². The number of rotatable bonds is 4. The second-order valence-electron chi connectivity index (χ2n) is 3.87. The third kappa shape index (κ3) is 3.03. The number of ether oxygens (including phenoxy) is 1. The van der Waals surface area contributed by atoms with E-state index in [0.717, 1.165) is 15.2 Å². The lowest BCUT2D eigenvalue weighted by Gasteiger charge is -2.08. The summed E-state index contributed by atoms with van der Waals surface area (Å²) in [5.74, 6) is 0.758. The van der Waals surface area contributed by atoms with Crippen LogP contribution in [-0.2, 0) is 4.79 Å². The molecule has 18 heavy (non-hydrogen) atoms. The van der Waals surface area contributed by atoms with E-state index in [4.69, 9.17) is 16.3 Å². The van der Waals surface area contributed by atoms with E-state index in [1.807, 2.05) is 30.3 Å². The summed E-state index contributed by atoms with van der Waals surface area (Å²) in [7, 11) is 0. The van der Waals surface area contributed by atoms with Crippen molar-refractivity contribution in [1.29, 1.82) is 0 Å². The van der Waals surface area contributed by atoms with Gasteiger partial charge in [0.15, 0.2) is 0 Å². The monoisotopic (exact) mass is 326 g/mol. The fourth-order valence-electron chi connectivity index (χ4n) is 1.68. The molecule has 0 atom stereocenters. The van der Waals surface area contributed by atoms with Crippen LogP contribution >= 0.6 is 27.5 Å². The van der Waals surface area contributed by atoms with E-state index in [1.165, 1.54) is 0 Å². The number of benzene rings is 2. The van der Waals surface area contributed by atoms with Gasteiger partial charge in [0.25, 0.3) is 0 Å². The highest BCUT2D eigenvalue weighted by Crippen LogP contribution is 2.33. The molecule has 0 aliphatic heterocycles. The van der Waals surface area contributed by atoms with Gasteiger partial charge in [0.05, 0.1) is 4.47 Å². The normalized spacial score (nSPS) is 10.6. The van der Waals surface area contributed by atoms with Gasteiger partial charge >= 0.3 is 5.97 Å². The molecule has 0 spiro atoms. The van der Waals surface area contributed by atoms with Gasteiger partial charge in [-0.1, -0.05) is 30.3 Å². The Hall–Kier alpha value is -1.06. The quantitative estimate of drug-likeness (QED) is 0.468. The van der Waals surface area contributed by atoms with Crippen molar-refractivity contribution in [3.05, 3.63) is 40.9 Å². The standard InChI is InChI=1S/C14H12BrClO2/c15-14-11-5-2-1-4-10(11)7-8-12(14)18-13(17)6-3-9-16/h1-2,4-5,7-8H,3,6,9H2. The number of carbonyl (C=O) groups is 1. The van der Waals surface area contributed by atoms with Crippen LogP contribution in [0.5, 0.6) is 5.75 Å². The Balaban J connectivity index is 2.24. The Labute approximate surface area is 119 Å². The van der Waals surface area contributed by atoms with Crippen molar-refractivity contribution in [3.8, 4) is 5.75 Å². The van der Waals surface area contributed by atoms with Crippen LogP contribution in [-0.4, -0.2) is 11.8 Å². The van der Waals surface area contributed by atoms with Crippen LogP contribution < -0.4 is 4.74 Å². The molecule has 0 amide bonds. The van der Waals surface area contributed by atoms with Crippen molar-refractivity contribution < 1.29 is 9.53 Å². The van der Waals surface area contributed by atoms with Crippen molar-refractivity contribution in [1.82, 2.24) is 0 Å². The lowest BCUT2D eigenvalue weighted by Crippen LogP contribution is -2.08. The second kappa shape index (κ2) is 6.21. The van der Waals surface area contributed by atoms with Gasteiger partial charge in [0, 0.05) is 12.3 Å². The predicted octanol–water partition coefficient (Wildman–Crippen LogP) is 4.53. The van der Waals surface area contributed by atoms with Crippen molar-refractivity contribution >= 4 is 44.3 Å². The maximum absolute atomic E-state index is 11.6. The summed E-state index contributed by atoms with van der Waals surface area (Å²) in [6.07, 6.45) is 0.967. The average Bonchev–Trinajstić information content (AvgIpc) is 2.40. The van der Waals surface area contributed by atoms with Gasteiger partial charge in [-0.3, -0.25) is 4.79 Å². The molecule has 0 unspecified atom stereocenters. The minimum Gasteiger partial charge on any atom is -0.425 e. The first-order chi connectivity index (χ1) is 8.72. The van der Waals surface area contributed by atoms with Crippen molar-refractivity contribution in [2.75, 3.05) is 5.88 Å². The van der Waals surface area contributed by atoms with Crippen LogP contribution in [0.2, 0.25) is 0 Å². The molecule has 4 heteroatoms. The van der Waals surface area contributed by atoms with Gasteiger partial charge < -0.3 is 4.74 Å². The molecule has 0 aromatic heterocycles. The molecule has 0 saturated carbocycles. The highest BCUT2D eigenvalue weighted by molar-refractivity contribution is 9.10. The molecular weight excluding hydrogens is 316 g/mol. The average molecular weight is 328 g/mol. The first-order valence-electron chi connectivity index (χ1n) is 5.66. The number of esters is 1. The lowest BCUT2D eigenvalue weighted by molar-refractivity contribution is -0.134. The van der Waals surface area contributed by atoms with Crippen molar-refractivity contribution in [3.63, 3.8) is 0 Å². The van der Waals surface area contributed by atoms with E-state index >= 15 is 0 Å². The van der Waals surface area contributed by atoms with E-state index in [-0.39, 0.29) is 5.97 Å². The maximum Gasteiger partial charge on any atom is 0.311 e. The smallest absolute Gasteiger partial charge is 0.311 e. The zero-order valence-electron chi connectivity index (χ0n) is 9.66. The Morgan fingerprint density at radius 1 is 1.22 bits per heavy atom. The summed E-state index contributed by atoms with van der Waals surface area (Å²) in [5, 5.41) is 2.13. The molecule has 0 saturated heterocycles. The van der Waals surface area contributed by atoms with Crippen molar-refractivity contribution in [2.24, 2.45) is 0 Å². The fourth-order valence-corrected chi connectivity index (χ4v) is 2.39. The van der Waals surface area contributed by atoms with Crippen LogP contribution in [0, 0.1) is 0 Å². The zero-order valence-corrected chi connectivity index (χ0v) is 12.0. The van der Waals surface area contributed by atoms with Crippen LogP contribution in [0.1, 0.15) is 12.8 Å². The van der Waals surface area contributed by atoms with Crippen molar-refractivity contribution in [2.45, 2.75) is 12.8 Å². The van der Waals surface area contributed by atoms with Gasteiger partial charge in [-0.2, -0.15) is 0 Å². The lowest BCUT2D eigenvalue weighted by atomic mass is 10.1.